The third-order valence-corrected chi connectivity index (χ3v) is 7.14. The number of nitrogens with two attached hydrogens (primary N) is 1. The van der Waals surface area contributed by atoms with Crippen LogP contribution in [0.25, 0.3) is 11.1 Å². The van der Waals surface area contributed by atoms with E-state index in [9.17, 15) is 22.8 Å². The Morgan fingerprint density at radius 3 is 2.17 bits per heavy atom. The Hall–Kier alpha value is -4.39. The number of benzene rings is 3. The van der Waals surface area contributed by atoms with E-state index in [1.54, 1.807) is 84.9 Å². The Morgan fingerprint density at radius 2 is 1.52 bits per heavy atom. The number of rotatable bonds is 9. The van der Waals surface area contributed by atoms with Gasteiger partial charge in [-0.05, 0) is 64.0 Å². The second kappa shape index (κ2) is 12.6. The van der Waals surface area contributed by atoms with Crippen LogP contribution < -0.4 is 21.1 Å². The van der Waals surface area contributed by atoms with E-state index in [0.29, 0.717) is 22.4 Å². The highest BCUT2D eigenvalue weighted by Gasteiger charge is 2.25. The lowest BCUT2D eigenvalue weighted by Gasteiger charge is -2.18. The third-order valence-electron chi connectivity index (χ3n) is 5.70. The summed E-state index contributed by atoms with van der Waals surface area (Å²) in [6.07, 6.45) is 1.16. The maximum atomic E-state index is 13.2. The highest BCUT2D eigenvalue weighted by atomic mass is 79.9. The predicted octanol–water partition coefficient (Wildman–Crippen LogP) is 3.92. The van der Waals surface area contributed by atoms with Gasteiger partial charge in [0.2, 0.25) is 21.8 Å². The average molecular weight is 623 g/mol. The molecule has 12 heteroatoms. The summed E-state index contributed by atoms with van der Waals surface area (Å²) in [7, 11) is -3.95. The number of aromatic nitrogens is 1. The van der Waals surface area contributed by atoms with Crippen molar-refractivity contribution >= 4 is 55.2 Å². The van der Waals surface area contributed by atoms with Crippen LogP contribution in [0, 0.1) is 0 Å². The monoisotopic (exact) mass is 621 g/mol. The van der Waals surface area contributed by atoms with E-state index in [-0.39, 0.29) is 17.1 Å². The molecule has 40 heavy (non-hydrogen) atoms. The molecule has 204 valence electrons. The van der Waals surface area contributed by atoms with Gasteiger partial charge in [-0.15, -0.1) is 0 Å². The fourth-order valence-electron chi connectivity index (χ4n) is 3.79. The number of hydrogen-bond acceptors (Lipinski definition) is 6. The summed E-state index contributed by atoms with van der Waals surface area (Å²) in [6, 6.07) is 23.1. The number of hydrogen-bond donors (Lipinski definition) is 4. The van der Waals surface area contributed by atoms with E-state index in [1.165, 1.54) is 12.3 Å². The molecule has 4 rings (SSSR count). The second-order valence-corrected chi connectivity index (χ2v) is 11.1. The van der Waals surface area contributed by atoms with Crippen molar-refractivity contribution in [3.05, 3.63) is 107 Å². The van der Waals surface area contributed by atoms with Crippen molar-refractivity contribution in [2.45, 2.75) is 17.4 Å². The van der Waals surface area contributed by atoms with Crippen LogP contribution >= 0.6 is 15.9 Å². The van der Waals surface area contributed by atoms with Gasteiger partial charge in [0.1, 0.15) is 11.9 Å². The number of halogens is 1. The zero-order valence-corrected chi connectivity index (χ0v) is 23.3. The molecule has 0 aliphatic carbocycles. The van der Waals surface area contributed by atoms with Crippen molar-refractivity contribution < 1.29 is 22.8 Å². The first-order valence-corrected chi connectivity index (χ1v) is 14.2. The summed E-state index contributed by atoms with van der Waals surface area (Å²) in [6.45, 7) is 0. The molecule has 0 spiro atoms. The molecule has 1 heterocycles. The van der Waals surface area contributed by atoms with Crippen LogP contribution in [0.1, 0.15) is 16.8 Å². The molecule has 1 aromatic heterocycles. The molecule has 5 N–H and O–H groups in total. The van der Waals surface area contributed by atoms with Crippen LogP contribution in [0.5, 0.6) is 0 Å². The Bertz CT molecular complexity index is 1630. The lowest BCUT2D eigenvalue weighted by molar-refractivity contribution is -0.122. The number of nitrogens with zero attached hydrogens (tertiary/aromatic N) is 1. The number of amides is 3. The quantitative estimate of drug-likeness (QED) is 0.221. The van der Waals surface area contributed by atoms with Crippen LogP contribution in [0.4, 0.5) is 11.5 Å². The molecule has 0 fully saturated rings. The van der Waals surface area contributed by atoms with Crippen LogP contribution in [-0.2, 0) is 19.6 Å². The van der Waals surface area contributed by atoms with E-state index in [0.717, 1.165) is 4.47 Å². The Balaban J connectivity index is 1.51. The molecule has 3 aromatic carbocycles. The Labute approximate surface area is 239 Å². The zero-order chi connectivity index (χ0) is 28.7. The molecule has 1 atom stereocenters. The minimum atomic E-state index is -3.95. The van der Waals surface area contributed by atoms with Crippen LogP contribution in [0.15, 0.2) is 107 Å². The maximum Gasteiger partial charge on any atom is 0.251 e. The molecule has 0 saturated carbocycles. The number of nitrogens with one attached hydrogen (secondary N) is 3. The molecule has 10 nitrogen and oxygen atoms in total. The molecule has 0 saturated heterocycles. The van der Waals surface area contributed by atoms with Gasteiger partial charge in [0.05, 0.1) is 11.3 Å². The van der Waals surface area contributed by atoms with Crippen LogP contribution in [0.2, 0.25) is 0 Å². The van der Waals surface area contributed by atoms with Gasteiger partial charge in [0.25, 0.3) is 5.91 Å². The summed E-state index contributed by atoms with van der Waals surface area (Å²) in [4.78, 5) is 42.8. The number of sulfonamides is 1. The summed E-state index contributed by atoms with van der Waals surface area (Å²) < 4.78 is 24.7. The predicted molar refractivity (Wildman–Crippen MR) is 155 cm³/mol. The average Bonchev–Trinajstić information content (AvgIpc) is 2.94. The molecule has 1 unspecified atom stereocenters. The van der Waals surface area contributed by atoms with Crippen molar-refractivity contribution in [3.8, 4) is 11.1 Å². The van der Waals surface area contributed by atoms with Gasteiger partial charge < -0.3 is 16.0 Å². The zero-order valence-electron chi connectivity index (χ0n) is 20.9. The van der Waals surface area contributed by atoms with Gasteiger partial charge in [0, 0.05) is 27.5 Å². The summed E-state index contributed by atoms with van der Waals surface area (Å²) >= 11 is 3.27. The fourth-order valence-corrected chi connectivity index (χ4v) is 4.78. The number of primary sulfonamides is 1. The normalized spacial score (nSPS) is 11.8. The first-order valence-electron chi connectivity index (χ1n) is 11.9. The standard InChI is InChI=1S/C28H24BrN5O5S/c29-20-12-15-25(31-17-20)34-26(35)16-23(33-27(36)19-6-2-1-3-7-19)28(37)32-21-13-10-18(11-14-21)22-8-4-5-9-24(22)40(30,38)39/h1-15,17,23H,16H2,(H,32,37)(H,33,36)(H2,30,38,39)(H,31,34,35). The van der Waals surface area contributed by atoms with E-state index < -0.39 is 33.8 Å². The fraction of sp³-hybridized carbons (Fsp3) is 0.0714. The van der Waals surface area contributed by atoms with Crippen LogP contribution in [-0.4, -0.2) is 37.2 Å². The number of carbonyl (C=O) groups excluding carboxylic acids is 3. The van der Waals surface area contributed by atoms with Crippen molar-refractivity contribution in [3.63, 3.8) is 0 Å². The topological polar surface area (TPSA) is 160 Å². The lowest BCUT2D eigenvalue weighted by atomic mass is 10.1. The third kappa shape index (κ3) is 7.59. The minimum absolute atomic E-state index is 0.0262. The second-order valence-electron chi connectivity index (χ2n) is 8.61. The van der Waals surface area contributed by atoms with E-state index in [1.807, 2.05) is 0 Å². The highest BCUT2D eigenvalue weighted by Crippen LogP contribution is 2.27. The molecular weight excluding hydrogens is 598 g/mol. The van der Waals surface area contributed by atoms with E-state index >= 15 is 0 Å². The van der Waals surface area contributed by atoms with Crippen molar-refractivity contribution in [2.75, 3.05) is 10.6 Å². The molecule has 0 radical (unpaired) electrons. The molecule has 4 aromatic rings. The Morgan fingerprint density at radius 1 is 0.850 bits per heavy atom. The molecular formula is C28H24BrN5O5S. The molecule has 3 amide bonds. The Kier molecular flexibility index (Phi) is 9.04. The maximum absolute atomic E-state index is 13.2. The van der Waals surface area contributed by atoms with Crippen molar-refractivity contribution in [1.82, 2.24) is 10.3 Å². The largest absolute Gasteiger partial charge is 0.340 e. The van der Waals surface area contributed by atoms with Crippen molar-refractivity contribution in [1.29, 1.82) is 0 Å². The lowest BCUT2D eigenvalue weighted by Crippen LogP contribution is -2.45. The van der Waals surface area contributed by atoms with Gasteiger partial charge in [-0.1, -0.05) is 48.5 Å². The van der Waals surface area contributed by atoms with Gasteiger partial charge in [-0.25, -0.2) is 18.5 Å². The van der Waals surface area contributed by atoms with Gasteiger partial charge in [-0.2, -0.15) is 0 Å². The first-order chi connectivity index (χ1) is 19.1. The van der Waals surface area contributed by atoms with E-state index in [2.05, 4.69) is 36.9 Å². The smallest absolute Gasteiger partial charge is 0.251 e. The SMILES string of the molecule is NS(=O)(=O)c1ccccc1-c1ccc(NC(=O)C(CC(=O)Nc2ccc(Br)cn2)NC(=O)c2ccccc2)cc1. The molecule has 0 aliphatic heterocycles. The molecule has 0 bridgehead atoms. The summed E-state index contributed by atoms with van der Waals surface area (Å²) in [5.74, 6) is -1.39. The molecule has 0 aliphatic rings. The van der Waals surface area contributed by atoms with Gasteiger partial charge in [0.15, 0.2) is 0 Å². The first kappa shape index (κ1) is 28.6. The van der Waals surface area contributed by atoms with Gasteiger partial charge in [-0.3, -0.25) is 14.4 Å². The van der Waals surface area contributed by atoms with Gasteiger partial charge >= 0.3 is 0 Å². The number of carbonyl (C=O) groups is 3. The van der Waals surface area contributed by atoms with Crippen molar-refractivity contribution in [2.24, 2.45) is 5.14 Å². The number of anilines is 2. The summed E-state index contributed by atoms with van der Waals surface area (Å²) in [5, 5.41) is 13.3. The van der Waals surface area contributed by atoms with E-state index in [4.69, 9.17) is 5.14 Å². The summed E-state index contributed by atoms with van der Waals surface area (Å²) in [5.41, 5.74) is 1.68. The number of pyridine rings is 1. The van der Waals surface area contributed by atoms with Crippen LogP contribution in [0.3, 0.4) is 0 Å². The highest BCUT2D eigenvalue weighted by molar-refractivity contribution is 9.10. The minimum Gasteiger partial charge on any atom is -0.340 e.